The van der Waals surface area contributed by atoms with Crippen molar-refractivity contribution in [1.82, 2.24) is 10.2 Å². The summed E-state index contributed by atoms with van der Waals surface area (Å²) in [5, 5.41) is 3.45. The molecule has 3 rings (SSSR count). The van der Waals surface area contributed by atoms with E-state index in [0.29, 0.717) is 5.75 Å². The molecule has 2 aliphatic rings. The summed E-state index contributed by atoms with van der Waals surface area (Å²) in [6.45, 7) is 9.69. The van der Waals surface area contributed by atoms with E-state index in [1.807, 2.05) is 12.1 Å². The normalized spacial score (nSPS) is 18.9. The van der Waals surface area contributed by atoms with E-state index in [0.717, 1.165) is 32.1 Å². The van der Waals surface area contributed by atoms with Crippen molar-refractivity contribution in [3.05, 3.63) is 24.3 Å². The Labute approximate surface area is 187 Å². The zero-order valence-corrected chi connectivity index (χ0v) is 19.1. The highest BCUT2D eigenvalue weighted by Crippen LogP contribution is 2.22. The Morgan fingerprint density at radius 3 is 2.31 bits per heavy atom. The molecule has 2 saturated heterocycles. The number of benzene rings is 1. The lowest BCUT2D eigenvalue weighted by atomic mass is 9.94. The molecule has 0 aliphatic carbocycles. The number of rotatable bonds is 7. The lowest BCUT2D eigenvalue weighted by molar-refractivity contribution is -0.147. The molecular formula is C21H35Cl2N3O3. The number of carbonyl (C=O) groups excluding carboxylic acids is 1. The van der Waals surface area contributed by atoms with Crippen molar-refractivity contribution < 1.29 is 14.3 Å². The third kappa shape index (κ3) is 7.85. The van der Waals surface area contributed by atoms with Crippen molar-refractivity contribution in [3.63, 3.8) is 0 Å². The zero-order valence-electron chi connectivity index (χ0n) is 17.5. The van der Waals surface area contributed by atoms with Crippen LogP contribution in [0.25, 0.3) is 0 Å². The Morgan fingerprint density at radius 1 is 1.10 bits per heavy atom. The number of piperazine rings is 1. The second-order valence-corrected chi connectivity index (χ2v) is 7.59. The topological polar surface area (TPSA) is 54.0 Å². The maximum Gasteiger partial charge on any atom is 0.346 e. The highest BCUT2D eigenvalue weighted by Gasteiger charge is 2.20. The number of esters is 1. The molecule has 2 aliphatic heterocycles. The van der Waals surface area contributed by atoms with E-state index >= 15 is 0 Å². The van der Waals surface area contributed by atoms with Crippen molar-refractivity contribution in [2.24, 2.45) is 5.92 Å². The fourth-order valence-electron chi connectivity index (χ4n) is 3.92. The van der Waals surface area contributed by atoms with E-state index < -0.39 is 6.10 Å². The van der Waals surface area contributed by atoms with Crippen LogP contribution in [0.4, 0.5) is 5.69 Å². The van der Waals surface area contributed by atoms with Gasteiger partial charge in [0.15, 0.2) is 6.10 Å². The fourth-order valence-corrected chi connectivity index (χ4v) is 3.92. The smallest absolute Gasteiger partial charge is 0.346 e. The molecule has 166 valence electrons. The third-order valence-corrected chi connectivity index (χ3v) is 5.73. The van der Waals surface area contributed by atoms with Crippen LogP contribution in [0, 0.1) is 5.92 Å². The first-order chi connectivity index (χ1) is 13.2. The molecule has 0 bridgehead atoms. The molecule has 0 radical (unpaired) electrons. The van der Waals surface area contributed by atoms with Crippen molar-refractivity contribution in [3.8, 4) is 5.75 Å². The Bertz CT molecular complexity index is 589. The Kier molecular flexibility index (Phi) is 11.7. The van der Waals surface area contributed by atoms with Gasteiger partial charge in [-0.3, -0.25) is 4.90 Å². The average molecular weight is 448 g/mol. The van der Waals surface area contributed by atoms with Gasteiger partial charge < -0.3 is 19.7 Å². The predicted molar refractivity (Wildman–Crippen MR) is 122 cm³/mol. The van der Waals surface area contributed by atoms with Crippen LogP contribution in [-0.2, 0) is 9.53 Å². The number of piperidine rings is 1. The van der Waals surface area contributed by atoms with Crippen LogP contribution in [0.1, 0.15) is 26.2 Å². The van der Waals surface area contributed by atoms with E-state index in [9.17, 15) is 4.79 Å². The van der Waals surface area contributed by atoms with Crippen molar-refractivity contribution in [1.29, 1.82) is 0 Å². The molecule has 6 nitrogen and oxygen atoms in total. The first-order valence-corrected chi connectivity index (χ1v) is 10.2. The van der Waals surface area contributed by atoms with Gasteiger partial charge in [0.25, 0.3) is 0 Å². The minimum atomic E-state index is -0.593. The molecule has 0 spiro atoms. The van der Waals surface area contributed by atoms with E-state index in [-0.39, 0.29) is 30.8 Å². The van der Waals surface area contributed by atoms with Gasteiger partial charge in [-0.25, -0.2) is 4.79 Å². The monoisotopic (exact) mass is 447 g/mol. The number of nitrogens with one attached hydrogen (secondary N) is 1. The number of halogens is 2. The largest absolute Gasteiger partial charge is 0.479 e. The van der Waals surface area contributed by atoms with Gasteiger partial charge in [0.05, 0.1) is 7.11 Å². The van der Waals surface area contributed by atoms with Gasteiger partial charge >= 0.3 is 5.97 Å². The highest BCUT2D eigenvalue weighted by atomic mass is 35.5. The number of hydrogen-bond donors (Lipinski definition) is 1. The van der Waals surface area contributed by atoms with Gasteiger partial charge in [-0.05, 0) is 76.0 Å². The maximum atomic E-state index is 11.5. The molecule has 0 aromatic heterocycles. The quantitative estimate of drug-likeness (QED) is 0.648. The molecule has 1 N–H and O–H groups in total. The second kappa shape index (κ2) is 13.2. The van der Waals surface area contributed by atoms with Crippen LogP contribution in [-0.4, -0.2) is 69.9 Å². The SMILES string of the molecule is COC(=O)C(C)Oc1ccc(N2CCN(CCC3CCNCC3)CC2)cc1.Cl.Cl. The predicted octanol–water partition coefficient (Wildman–Crippen LogP) is 2.98. The maximum absolute atomic E-state index is 11.5. The van der Waals surface area contributed by atoms with Crippen LogP contribution < -0.4 is 15.0 Å². The fraction of sp³-hybridized carbons (Fsp3) is 0.667. The number of anilines is 1. The number of carbonyl (C=O) groups is 1. The van der Waals surface area contributed by atoms with Gasteiger partial charge in [-0.1, -0.05) is 0 Å². The van der Waals surface area contributed by atoms with E-state index in [2.05, 4.69) is 27.2 Å². The van der Waals surface area contributed by atoms with Crippen LogP contribution in [0.3, 0.4) is 0 Å². The molecule has 0 amide bonds. The average Bonchev–Trinajstić information content (AvgIpc) is 2.73. The van der Waals surface area contributed by atoms with Crippen LogP contribution >= 0.6 is 24.8 Å². The molecule has 1 aromatic carbocycles. The van der Waals surface area contributed by atoms with Gasteiger partial charge in [0.2, 0.25) is 0 Å². The summed E-state index contributed by atoms with van der Waals surface area (Å²) in [6, 6.07) is 8.00. The van der Waals surface area contributed by atoms with Gasteiger partial charge in [-0.2, -0.15) is 0 Å². The van der Waals surface area contributed by atoms with Gasteiger partial charge in [-0.15, -0.1) is 24.8 Å². The lowest BCUT2D eigenvalue weighted by Gasteiger charge is -2.37. The Balaban J connectivity index is 0.00000210. The third-order valence-electron chi connectivity index (χ3n) is 5.73. The standard InChI is InChI=1S/C21H33N3O3.2ClH/c1-17(21(25)26-2)27-20-5-3-19(4-6-20)24-15-13-23(14-16-24)12-9-18-7-10-22-11-8-18;;/h3-6,17-18,22H,7-16H2,1-2H3;2*1H. The number of ether oxygens (including phenoxy) is 2. The molecule has 2 heterocycles. The summed E-state index contributed by atoms with van der Waals surface area (Å²) >= 11 is 0. The molecular weight excluding hydrogens is 413 g/mol. The lowest BCUT2D eigenvalue weighted by Crippen LogP contribution is -2.47. The zero-order chi connectivity index (χ0) is 19.1. The minimum Gasteiger partial charge on any atom is -0.479 e. The molecule has 0 saturated carbocycles. The van der Waals surface area contributed by atoms with Crippen molar-refractivity contribution in [2.75, 3.05) is 57.8 Å². The number of methoxy groups -OCH3 is 1. The van der Waals surface area contributed by atoms with E-state index in [1.54, 1.807) is 6.92 Å². The van der Waals surface area contributed by atoms with E-state index in [4.69, 9.17) is 9.47 Å². The molecule has 1 aromatic rings. The summed E-state index contributed by atoms with van der Waals surface area (Å²) in [7, 11) is 1.37. The van der Waals surface area contributed by atoms with E-state index in [1.165, 1.54) is 51.7 Å². The second-order valence-electron chi connectivity index (χ2n) is 7.59. The van der Waals surface area contributed by atoms with Crippen molar-refractivity contribution >= 4 is 36.5 Å². The molecule has 8 heteroatoms. The summed E-state index contributed by atoms with van der Waals surface area (Å²) in [5.74, 6) is 1.24. The molecule has 1 unspecified atom stereocenters. The first kappa shape index (κ1) is 25.8. The van der Waals surface area contributed by atoms with Gasteiger partial charge in [0, 0.05) is 31.9 Å². The molecule has 29 heavy (non-hydrogen) atoms. The van der Waals surface area contributed by atoms with Gasteiger partial charge in [0.1, 0.15) is 5.75 Å². The summed E-state index contributed by atoms with van der Waals surface area (Å²) in [5.41, 5.74) is 1.21. The summed E-state index contributed by atoms with van der Waals surface area (Å²) < 4.78 is 10.3. The summed E-state index contributed by atoms with van der Waals surface area (Å²) in [4.78, 5) is 16.5. The molecule has 1 atom stereocenters. The minimum absolute atomic E-state index is 0. The first-order valence-electron chi connectivity index (χ1n) is 10.2. The Hall–Kier alpha value is -1.21. The molecule has 2 fully saturated rings. The van der Waals surface area contributed by atoms with Crippen molar-refractivity contribution in [2.45, 2.75) is 32.3 Å². The highest BCUT2D eigenvalue weighted by molar-refractivity contribution is 5.85. The Morgan fingerprint density at radius 2 is 1.72 bits per heavy atom. The van der Waals surface area contributed by atoms with Crippen LogP contribution in [0.15, 0.2) is 24.3 Å². The van der Waals surface area contributed by atoms with Crippen LogP contribution in [0.2, 0.25) is 0 Å². The number of nitrogens with zero attached hydrogens (tertiary/aromatic N) is 2. The van der Waals surface area contributed by atoms with Crippen LogP contribution in [0.5, 0.6) is 5.75 Å². The summed E-state index contributed by atoms with van der Waals surface area (Å²) in [6.07, 6.45) is 3.42. The number of hydrogen-bond acceptors (Lipinski definition) is 6.